The fraction of sp³-hybridized carbons (Fsp3) is 0.200. The van der Waals surface area contributed by atoms with Crippen LogP contribution in [0, 0.1) is 20.8 Å². The predicted molar refractivity (Wildman–Crippen MR) is 76.1 cm³/mol. The summed E-state index contributed by atoms with van der Waals surface area (Å²) in [5.74, 6) is 0. The predicted octanol–water partition coefficient (Wildman–Crippen LogP) is 3.45. The topological polar surface area (TPSA) is 37.3 Å². The summed E-state index contributed by atoms with van der Waals surface area (Å²) in [5, 5.41) is 4.22. The van der Waals surface area contributed by atoms with Crippen molar-refractivity contribution in [2.75, 3.05) is 5.43 Å². The number of aryl methyl sites for hydroxylation is 3. The molecule has 2 rings (SSSR count). The van der Waals surface area contributed by atoms with Crippen LogP contribution in [0.5, 0.6) is 0 Å². The fourth-order valence-electron chi connectivity index (χ4n) is 1.67. The van der Waals surface area contributed by atoms with E-state index in [9.17, 15) is 0 Å². The van der Waals surface area contributed by atoms with Crippen molar-refractivity contribution in [3.8, 4) is 0 Å². The Morgan fingerprint density at radius 3 is 2.61 bits per heavy atom. The highest BCUT2D eigenvalue weighted by molar-refractivity contribution is 5.79. The van der Waals surface area contributed by atoms with E-state index in [-0.39, 0.29) is 0 Å². The number of aromatic nitrogens is 1. The van der Waals surface area contributed by atoms with E-state index in [1.54, 1.807) is 6.21 Å². The maximum Gasteiger partial charge on any atom is 0.0591 e. The van der Waals surface area contributed by atoms with Crippen molar-refractivity contribution < 1.29 is 0 Å². The molecule has 0 aliphatic rings. The van der Waals surface area contributed by atoms with Crippen molar-refractivity contribution in [1.82, 2.24) is 4.98 Å². The maximum atomic E-state index is 4.22. The Balaban J connectivity index is 2.05. The van der Waals surface area contributed by atoms with Crippen molar-refractivity contribution in [3.05, 3.63) is 58.9 Å². The average molecular weight is 239 g/mol. The molecule has 1 aromatic carbocycles. The smallest absolute Gasteiger partial charge is 0.0591 e. The zero-order valence-corrected chi connectivity index (χ0v) is 10.9. The number of hydrogen-bond donors (Lipinski definition) is 1. The van der Waals surface area contributed by atoms with Gasteiger partial charge in [-0.1, -0.05) is 23.8 Å². The lowest BCUT2D eigenvalue weighted by atomic mass is 10.1. The van der Waals surface area contributed by atoms with Crippen molar-refractivity contribution in [2.45, 2.75) is 20.8 Å². The lowest BCUT2D eigenvalue weighted by molar-refractivity contribution is 1.19. The molecule has 1 aromatic heterocycles. The lowest BCUT2D eigenvalue weighted by Gasteiger charge is -2.05. The minimum atomic E-state index is 0.984. The quantitative estimate of drug-likeness (QED) is 0.658. The van der Waals surface area contributed by atoms with E-state index in [0.717, 1.165) is 16.9 Å². The largest absolute Gasteiger partial charge is 0.278 e. The molecule has 1 heterocycles. The molecule has 0 unspecified atom stereocenters. The van der Waals surface area contributed by atoms with Crippen LogP contribution in [0.2, 0.25) is 0 Å². The number of hydrogen-bond acceptors (Lipinski definition) is 3. The Morgan fingerprint density at radius 1 is 1.11 bits per heavy atom. The zero-order chi connectivity index (χ0) is 13.0. The van der Waals surface area contributed by atoms with Crippen LogP contribution in [-0.2, 0) is 0 Å². The maximum absolute atomic E-state index is 4.22. The average Bonchev–Trinajstić information content (AvgIpc) is 2.34. The summed E-state index contributed by atoms with van der Waals surface area (Å²) in [6.45, 7) is 6.12. The summed E-state index contributed by atoms with van der Waals surface area (Å²) >= 11 is 0. The van der Waals surface area contributed by atoms with Gasteiger partial charge in [-0.05, 0) is 38.5 Å². The first kappa shape index (κ1) is 12.3. The van der Waals surface area contributed by atoms with E-state index in [2.05, 4.69) is 41.5 Å². The number of pyridine rings is 1. The molecule has 0 aliphatic carbocycles. The number of hydrazone groups is 1. The third-order valence-corrected chi connectivity index (χ3v) is 2.71. The Labute approximate surface area is 108 Å². The highest BCUT2D eigenvalue weighted by Gasteiger charge is 1.95. The van der Waals surface area contributed by atoms with E-state index in [1.165, 1.54) is 11.1 Å². The summed E-state index contributed by atoms with van der Waals surface area (Å²) < 4.78 is 0. The number of nitrogens with one attached hydrogen (secondary N) is 1. The van der Waals surface area contributed by atoms with E-state index in [4.69, 9.17) is 0 Å². The van der Waals surface area contributed by atoms with Crippen molar-refractivity contribution >= 4 is 11.9 Å². The van der Waals surface area contributed by atoms with Crippen LogP contribution >= 0.6 is 0 Å². The van der Waals surface area contributed by atoms with Crippen LogP contribution in [0.4, 0.5) is 5.69 Å². The minimum Gasteiger partial charge on any atom is -0.278 e. The van der Waals surface area contributed by atoms with Gasteiger partial charge in [-0.3, -0.25) is 10.4 Å². The van der Waals surface area contributed by atoms with Gasteiger partial charge >= 0.3 is 0 Å². The summed E-state index contributed by atoms with van der Waals surface area (Å²) in [6, 6.07) is 10.2. The van der Waals surface area contributed by atoms with Gasteiger partial charge in [-0.15, -0.1) is 0 Å². The van der Waals surface area contributed by atoms with Gasteiger partial charge in [-0.25, -0.2) is 0 Å². The first-order valence-electron chi connectivity index (χ1n) is 5.94. The second kappa shape index (κ2) is 5.45. The van der Waals surface area contributed by atoms with Crippen LogP contribution in [0.25, 0.3) is 0 Å². The molecule has 3 nitrogen and oxygen atoms in total. The van der Waals surface area contributed by atoms with Crippen LogP contribution in [0.3, 0.4) is 0 Å². The second-order valence-electron chi connectivity index (χ2n) is 4.42. The molecule has 0 fully saturated rings. The molecule has 1 N–H and O–H groups in total. The van der Waals surface area contributed by atoms with Gasteiger partial charge < -0.3 is 0 Å². The standard InChI is InChI=1S/C15H17N3/c1-11-4-7-15(12(2)8-11)18-17-10-14-6-5-13(3)16-9-14/h4-10,18H,1-3H3/b17-10+. The van der Waals surface area contributed by atoms with E-state index in [1.807, 2.05) is 31.3 Å². The van der Waals surface area contributed by atoms with Gasteiger partial charge in [0, 0.05) is 17.5 Å². The summed E-state index contributed by atoms with van der Waals surface area (Å²) in [7, 11) is 0. The number of benzene rings is 1. The molecule has 0 amide bonds. The van der Waals surface area contributed by atoms with Gasteiger partial charge in [0.05, 0.1) is 11.9 Å². The summed E-state index contributed by atoms with van der Waals surface area (Å²) in [6.07, 6.45) is 3.58. The van der Waals surface area contributed by atoms with Crippen molar-refractivity contribution in [2.24, 2.45) is 5.10 Å². The van der Waals surface area contributed by atoms with Crippen molar-refractivity contribution in [3.63, 3.8) is 0 Å². The third-order valence-electron chi connectivity index (χ3n) is 2.71. The fourth-order valence-corrected chi connectivity index (χ4v) is 1.67. The van der Waals surface area contributed by atoms with E-state index >= 15 is 0 Å². The highest BCUT2D eigenvalue weighted by Crippen LogP contribution is 2.15. The number of nitrogens with zero attached hydrogens (tertiary/aromatic N) is 2. The highest BCUT2D eigenvalue weighted by atomic mass is 15.3. The third kappa shape index (κ3) is 3.17. The summed E-state index contributed by atoms with van der Waals surface area (Å²) in [4.78, 5) is 4.21. The zero-order valence-electron chi connectivity index (χ0n) is 10.9. The van der Waals surface area contributed by atoms with Gasteiger partial charge in [0.2, 0.25) is 0 Å². The molecular formula is C15H17N3. The first-order chi connectivity index (χ1) is 8.65. The van der Waals surface area contributed by atoms with Gasteiger partial charge in [-0.2, -0.15) is 5.10 Å². The van der Waals surface area contributed by atoms with Gasteiger partial charge in [0.1, 0.15) is 0 Å². The molecular weight excluding hydrogens is 222 g/mol. The molecule has 92 valence electrons. The lowest BCUT2D eigenvalue weighted by Crippen LogP contribution is -1.94. The molecule has 0 atom stereocenters. The van der Waals surface area contributed by atoms with Crippen LogP contribution in [0.1, 0.15) is 22.4 Å². The van der Waals surface area contributed by atoms with E-state index < -0.39 is 0 Å². The molecule has 0 aliphatic heterocycles. The Morgan fingerprint density at radius 2 is 1.94 bits per heavy atom. The van der Waals surface area contributed by atoms with Crippen LogP contribution < -0.4 is 5.43 Å². The molecule has 0 saturated carbocycles. The molecule has 3 heteroatoms. The molecule has 0 saturated heterocycles. The number of anilines is 1. The van der Waals surface area contributed by atoms with Gasteiger partial charge in [0.25, 0.3) is 0 Å². The Bertz CT molecular complexity index is 556. The second-order valence-corrected chi connectivity index (χ2v) is 4.42. The van der Waals surface area contributed by atoms with Crippen LogP contribution in [-0.4, -0.2) is 11.2 Å². The molecule has 2 aromatic rings. The monoisotopic (exact) mass is 239 g/mol. The molecule has 0 bridgehead atoms. The molecule has 0 spiro atoms. The Hall–Kier alpha value is -2.16. The SMILES string of the molecule is Cc1ccc(N/N=C/c2ccc(C)nc2)c(C)c1. The van der Waals surface area contributed by atoms with Crippen LogP contribution in [0.15, 0.2) is 41.6 Å². The van der Waals surface area contributed by atoms with Crippen molar-refractivity contribution in [1.29, 1.82) is 0 Å². The minimum absolute atomic E-state index is 0.984. The first-order valence-corrected chi connectivity index (χ1v) is 5.94. The molecule has 0 radical (unpaired) electrons. The Kier molecular flexibility index (Phi) is 3.72. The molecule has 18 heavy (non-hydrogen) atoms. The summed E-state index contributed by atoms with van der Waals surface area (Å²) in [5.41, 5.74) is 8.51. The normalized spacial score (nSPS) is 10.8. The van der Waals surface area contributed by atoms with E-state index in [0.29, 0.717) is 0 Å². The number of rotatable bonds is 3. The van der Waals surface area contributed by atoms with Gasteiger partial charge in [0.15, 0.2) is 0 Å².